The predicted molar refractivity (Wildman–Crippen MR) is 78.8 cm³/mol. The summed E-state index contributed by atoms with van der Waals surface area (Å²) in [5.74, 6) is -0.625. The second-order valence-corrected chi connectivity index (χ2v) is 5.18. The maximum atomic E-state index is 11.8. The van der Waals surface area contributed by atoms with Crippen LogP contribution in [0.4, 0.5) is 5.69 Å². The number of benzene rings is 1. The van der Waals surface area contributed by atoms with E-state index in [0.29, 0.717) is 29.1 Å². The fraction of sp³-hybridized carbons (Fsp3) is 0.333. The fourth-order valence-corrected chi connectivity index (χ4v) is 1.73. The van der Waals surface area contributed by atoms with E-state index >= 15 is 0 Å². The topological polar surface area (TPSA) is 94.6 Å². The molecular weight excluding hydrogens is 272 g/mol. The number of nitrogens with two attached hydrogens (primary N) is 1. The van der Waals surface area contributed by atoms with Crippen LogP contribution in [0.25, 0.3) is 11.0 Å². The van der Waals surface area contributed by atoms with Crippen molar-refractivity contribution < 1.29 is 18.7 Å². The van der Waals surface area contributed by atoms with Crippen LogP contribution in [0.2, 0.25) is 0 Å². The molecule has 6 heteroatoms. The molecule has 0 aliphatic heterocycles. The smallest absolute Gasteiger partial charge is 0.374 e. The number of esters is 1. The van der Waals surface area contributed by atoms with Gasteiger partial charge in [0.2, 0.25) is 5.76 Å². The number of rotatable bonds is 5. The SMILES string of the molecule is CC(C)CNC(=O)COC(=O)c1cc2cc(N)ccc2o1. The minimum Gasteiger partial charge on any atom is -0.450 e. The Morgan fingerprint density at radius 1 is 1.33 bits per heavy atom. The highest BCUT2D eigenvalue weighted by atomic mass is 16.5. The first-order chi connectivity index (χ1) is 9.95. The Hall–Kier alpha value is -2.50. The third-order valence-electron chi connectivity index (χ3n) is 2.78. The van der Waals surface area contributed by atoms with Gasteiger partial charge in [-0.3, -0.25) is 4.79 Å². The van der Waals surface area contributed by atoms with Gasteiger partial charge in [0.1, 0.15) is 5.58 Å². The zero-order valence-electron chi connectivity index (χ0n) is 12.0. The van der Waals surface area contributed by atoms with Gasteiger partial charge in [0.05, 0.1) is 0 Å². The third-order valence-corrected chi connectivity index (χ3v) is 2.78. The summed E-state index contributed by atoms with van der Waals surface area (Å²) in [6, 6.07) is 6.60. The summed E-state index contributed by atoms with van der Waals surface area (Å²) < 4.78 is 10.3. The maximum absolute atomic E-state index is 11.8. The molecule has 1 amide bonds. The molecule has 0 radical (unpaired) electrons. The number of hydrogen-bond donors (Lipinski definition) is 2. The van der Waals surface area contributed by atoms with E-state index in [2.05, 4.69) is 5.32 Å². The number of amides is 1. The van der Waals surface area contributed by atoms with Crippen LogP contribution < -0.4 is 11.1 Å². The zero-order valence-corrected chi connectivity index (χ0v) is 12.0. The minimum absolute atomic E-state index is 0.0484. The van der Waals surface area contributed by atoms with Crippen molar-refractivity contribution in [3.63, 3.8) is 0 Å². The predicted octanol–water partition coefficient (Wildman–Crippen LogP) is 1.94. The molecule has 1 aromatic carbocycles. The number of nitrogens with one attached hydrogen (secondary N) is 1. The summed E-state index contributed by atoms with van der Waals surface area (Å²) in [6.45, 7) is 4.17. The first-order valence-corrected chi connectivity index (χ1v) is 6.68. The second kappa shape index (κ2) is 6.30. The van der Waals surface area contributed by atoms with Crippen LogP contribution in [0.15, 0.2) is 28.7 Å². The standard InChI is InChI=1S/C15H18N2O4/c1-9(2)7-17-14(18)8-20-15(19)13-6-10-5-11(16)3-4-12(10)21-13/h3-6,9H,7-8,16H2,1-2H3,(H,17,18). The summed E-state index contributed by atoms with van der Waals surface area (Å²) >= 11 is 0. The molecule has 3 N–H and O–H groups in total. The summed E-state index contributed by atoms with van der Waals surface area (Å²) in [5, 5.41) is 3.37. The number of ether oxygens (including phenoxy) is 1. The lowest BCUT2D eigenvalue weighted by Gasteiger charge is -2.07. The van der Waals surface area contributed by atoms with Crippen molar-refractivity contribution in [2.75, 3.05) is 18.9 Å². The van der Waals surface area contributed by atoms with Gasteiger partial charge in [-0.2, -0.15) is 0 Å². The molecule has 2 rings (SSSR count). The molecule has 0 atom stereocenters. The second-order valence-electron chi connectivity index (χ2n) is 5.18. The van der Waals surface area contributed by atoms with Crippen molar-refractivity contribution in [3.05, 3.63) is 30.0 Å². The van der Waals surface area contributed by atoms with Crippen molar-refractivity contribution in [2.45, 2.75) is 13.8 Å². The van der Waals surface area contributed by atoms with Gasteiger partial charge >= 0.3 is 5.97 Å². The number of nitrogen functional groups attached to an aromatic ring is 1. The molecule has 0 spiro atoms. The number of fused-ring (bicyclic) bond motifs is 1. The third kappa shape index (κ3) is 3.98. The summed E-state index contributed by atoms with van der Waals surface area (Å²) in [5.41, 5.74) is 6.78. The molecule has 0 aliphatic carbocycles. The Morgan fingerprint density at radius 3 is 2.81 bits per heavy atom. The molecule has 0 aliphatic rings. The first-order valence-electron chi connectivity index (χ1n) is 6.68. The van der Waals surface area contributed by atoms with Crippen LogP contribution in [0.3, 0.4) is 0 Å². The normalized spacial score (nSPS) is 10.8. The highest BCUT2D eigenvalue weighted by Crippen LogP contribution is 2.22. The Kier molecular flexibility index (Phi) is 4.47. The Bertz CT molecular complexity index is 661. The molecule has 6 nitrogen and oxygen atoms in total. The molecule has 0 saturated carbocycles. The van der Waals surface area contributed by atoms with Crippen LogP contribution in [-0.2, 0) is 9.53 Å². The lowest BCUT2D eigenvalue weighted by molar-refractivity contribution is -0.124. The molecule has 1 heterocycles. The highest BCUT2D eigenvalue weighted by molar-refractivity contribution is 5.94. The largest absolute Gasteiger partial charge is 0.450 e. The van der Waals surface area contributed by atoms with Crippen molar-refractivity contribution in [1.82, 2.24) is 5.32 Å². The van der Waals surface area contributed by atoms with Gasteiger partial charge in [-0.05, 0) is 30.2 Å². The van der Waals surface area contributed by atoms with E-state index < -0.39 is 5.97 Å². The minimum atomic E-state index is -0.676. The van der Waals surface area contributed by atoms with E-state index in [1.165, 1.54) is 0 Å². The molecule has 0 unspecified atom stereocenters. The van der Waals surface area contributed by atoms with Gasteiger partial charge in [0.15, 0.2) is 6.61 Å². The number of carbonyl (C=O) groups is 2. The lowest BCUT2D eigenvalue weighted by Crippen LogP contribution is -2.31. The average molecular weight is 290 g/mol. The van der Waals surface area contributed by atoms with Crippen LogP contribution in [0.1, 0.15) is 24.4 Å². The van der Waals surface area contributed by atoms with Crippen molar-refractivity contribution in [1.29, 1.82) is 0 Å². The molecular formula is C15H18N2O4. The summed E-state index contributed by atoms with van der Waals surface area (Å²) in [7, 11) is 0. The fourth-order valence-electron chi connectivity index (χ4n) is 1.73. The maximum Gasteiger partial charge on any atom is 0.374 e. The lowest BCUT2D eigenvalue weighted by atomic mass is 10.2. The molecule has 0 bridgehead atoms. The van der Waals surface area contributed by atoms with Crippen LogP contribution in [0, 0.1) is 5.92 Å². The Morgan fingerprint density at radius 2 is 2.10 bits per heavy atom. The molecule has 2 aromatic rings. The number of furan rings is 1. The van der Waals surface area contributed by atoms with Crippen molar-refractivity contribution in [2.24, 2.45) is 5.92 Å². The van der Waals surface area contributed by atoms with E-state index in [9.17, 15) is 9.59 Å². The van der Waals surface area contributed by atoms with E-state index in [1.807, 2.05) is 13.8 Å². The highest BCUT2D eigenvalue weighted by Gasteiger charge is 2.15. The van der Waals surface area contributed by atoms with E-state index in [1.54, 1.807) is 24.3 Å². The van der Waals surface area contributed by atoms with Gasteiger partial charge in [-0.1, -0.05) is 13.8 Å². The van der Waals surface area contributed by atoms with Crippen LogP contribution in [0.5, 0.6) is 0 Å². The quantitative estimate of drug-likeness (QED) is 0.648. The summed E-state index contributed by atoms with van der Waals surface area (Å²) in [4.78, 5) is 23.3. The Labute approximate surface area is 122 Å². The molecule has 0 saturated heterocycles. The zero-order chi connectivity index (χ0) is 15.4. The van der Waals surface area contributed by atoms with E-state index in [4.69, 9.17) is 14.9 Å². The number of hydrogen-bond acceptors (Lipinski definition) is 5. The van der Waals surface area contributed by atoms with E-state index in [-0.39, 0.29) is 18.3 Å². The van der Waals surface area contributed by atoms with E-state index in [0.717, 1.165) is 0 Å². The number of carbonyl (C=O) groups excluding carboxylic acids is 2. The molecule has 0 fully saturated rings. The monoisotopic (exact) mass is 290 g/mol. The van der Waals surface area contributed by atoms with Crippen molar-refractivity contribution >= 4 is 28.5 Å². The average Bonchev–Trinajstić information content (AvgIpc) is 2.85. The van der Waals surface area contributed by atoms with Gasteiger partial charge in [0, 0.05) is 17.6 Å². The van der Waals surface area contributed by atoms with Gasteiger partial charge in [0.25, 0.3) is 5.91 Å². The van der Waals surface area contributed by atoms with Crippen LogP contribution in [-0.4, -0.2) is 25.0 Å². The van der Waals surface area contributed by atoms with Crippen molar-refractivity contribution in [3.8, 4) is 0 Å². The van der Waals surface area contributed by atoms with Gasteiger partial charge in [-0.15, -0.1) is 0 Å². The van der Waals surface area contributed by atoms with Gasteiger partial charge < -0.3 is 20.2 Å². The van der Waals surface area contributed by atoms with Gasteiger partial charge in [-0.25, -0.2) is 4.79 Å². The first kappa shape index (κ1) is 14.9. The molecule has 112 valence electrons. The van der Waals surface area contributed by atoms with Crippen LogP contribution >= 0.6 is 0 Å². The molecule has 21 heavy (non-hydrogen) atoms. The number of anilines is 1. The Balaban J connectivity index is 1.94. The summed E-state index contributed by atoms with van der Waals surface area (Å²) in [6.07, 6.45) is 0. The molecule has 1 aromatic heterocycles.